The Labute approximate surface area is 218 Å². The average molecular weight is 540 g/mol. The van der Waals surface area contributed by atoms with Gasteiger partial charge in [0, 0.05) is 37.9 Å². The Hall–Kier alpha value is -2.07. The number of thioether (sulfide) groups is 1. The largest absolute Gasteiger partial charge is 0.381 e. The molecule has 0 atom stereocenters. The lowest BCUT2D eigenvalue weighted by atomic mass is 9.97. The summed E-state index contributed by atoms with van der Waals surface area (Å²) < 4.78 is 5.34. The number of nitrogens with one attached hydrogen (secondary N) is 1. The summed E-state index contributed by atoms with van der Waals surface area (Å²) >= 11 is 13.0. The first-order valence-corrected chi connectivity index (χ1v) is 13.2. The van der Waals surface area contributed by atoms with Crippen LogP contribution in [0.1, 0.15) is 42.5 Å². The van der Waals surface area contributed by atoms with Gasteiger partial charge >= 0.3 is 0 Å². The van der Waals surface area contributed by atoms with Crippen LogP contribution in [0.3, 0.4) is 0 Å². The molecule has 0 bridgehead atoms. The molecule has 0 radical (unpaired) electrons. The fourth-order valence-corrected chi connectivity index (χ4v) is 5.79. The number of hydrogen-bond donors (Lipinski definition) is 1. The maximum Gasteiger partial charge on any atom is 0.294 e. The van der Waals surface area contributed by atoms with Gasteiger partial charge in [-0.05, 0) is 73.6 Å². The molecule has 188 valence electrons. The number of carbonyl (C=O) groups excluding carboxylic acids is 4. The smallest absolute Gasteiger partial charge is 0.294 e. The molecule has 3 aliphatic rings. The number of benzene rings is 1. The molecule has 0 aliphatic carbocycles. The second-order valence-corrected chi connectivity index (χ2v) is 10.6. The Kier molecular flexibility index (Phi) is 8.75. The summed E-state index contributed by atoms with van der Waals surface area (Å²) in [5, 5.41) is 3.13. The van der Waals surface area contributed by atoms with E-state index in [9.17, 15) is 19.2 Å². The number of likely N-dealkylation sites (tertiary alicyclic amines) is 1. The highest BCUT2D eigenvalue weighted by molar-refractivity contribution is 8.18. The monoisotopic (exact) mass is 539 g/mol. The summed E-state index contributed by atoms with van der Waals surface area (Å²) in [5.41, 5.74) is 1.17. The molecule has 4 amide bonds. The van der Waals surface area contributed by atoms with E-state index < -0.39 is 11.1 Å². The summed E-state index contributed by atoms with van der Waals surface area (Å²) in [4.78, 5) is 53.6. The van der Waals surface area contributed by atoms with Crippen molar-refractivity contribution in [2.45, 2.75) is 32.1 Å². The van der Waals surface area contributed by atoms with Crippen molar-refractivity contribution >= 4 is 57.9 Å². The van der Waals surface area contributed by atoms with E-state index in [0.717, 1.165) is 54.7 Å². The van der Waals surface area contributed by atoms with Crippen molar-refractivity contribution in [3.8, 4) is 0 Å². The lowest BCUT2D eigenvalue weighted by Gasteiger charge is -2.29. The van der Waals surface area contributed by atoms with Gasteiger partial charge in [0.25, 0.3) is 17.1 Å². The van der Waals surface area contributed by atoms with Crippen LogP contribution in [0.25, 0.3) is 0 Å². The number of halogens is 2. The van der Waals surface area contributed by atoms with Crippen LogP contribution in [0.2, 0.25) is 10.0 Å². The van der Waals surface area contributed by atoms with E-state index in [1.54, 1.807) is 23.1 Å². The van der Waals surface area contributed by atoms with Gasteiger partial charge in [-0.1, -0.05) is 23.2 Å². The maximum absolute atomic E-state index is 12.9. The van der Waals surface area contributed by atoms with E-state index in [1.165, 1.54) is 0 Å². The maximum atomic E-state index is 12.9. The summed E-state index contributed by atoms with van der Waals surface area (Å²) in [6.07, 6.45) is 3.77. The number of amides is 4. The fraction of sp³-hybridized carbons (Fsp3) is 0.500. The molecule has 0 saturated carbocycles. The van der Waals surface area contributed by atoms with Crippen LogP contribution in [0.5, 0.6) is 0 Å². The molecule has 3 saturated heterocycles. The molecule has 0 spiro atoms. The van der Waals surface area contributed by atoms with Gasteiger partial charge in [-0.3, -0.25) is 24.1 Å². The van der Waals surface area contributed by atoms with Crippen LogP contribution in [-0.2, 0) is 14.3 Å². The first kappa shape index (κ1) is 26.0. The minimum Gasteiger partial charge on any atom is -0.381 e. The van der Waals surface area contributed by atoms with Crippen molar-refractivity contribution in [2.75, 3.05) is 39.4 Å². The van der Waals surface area contributed by atoms with Crippen molar-refractivity contribution in [1.29, 1.82) is 0 Å². The van der Waals surface area contributed by atoms with Gasteiger partial charge in [0.1, 0.15) is 6.54 Å². The topological polar surface area (TPSA) is 96.0 Å². The third-order valence-electron chi connectivity index (χ3n) is 6.50. The second-order valence-electron chi connectivity index (χ2n) is 8.80. The standard InChI is InChI=1S/C24H27Cl2N3O5S/c25-17-1-2-19(26)18(13-17)22(31)28-9-4-16(5-10-28)21-23(32)29(24(33)35-21)14-20(30)27-8-3-15-6-11-34-12-7-15/h1-2,13,15H,3-12,14H2,(H,27,30). The van der Waals surface area contributed by atoms with Crippen LogP contribution < -0.4 is 5.32 Å². The molecule has 3 fully saturated rings. The number of nitrogens with zero attached hydrogens (tertiary/aromatic N) is 2. The van der Waals surface area contributed by atoms with E-state index >= 15 is 0 Å². The van der Waals surface area contributed by atoms with Crippen LogP contribution in [0, 0.1) is 5.92 Å². The summed E-state index contributed by atoms with van der Waals surface area (Å²) in [5.74, 6) is -0.475. The lowest BCUT2D eigenvalue weighted by Crippen LogP contribution is -2.40. The summed E-state index contributed by atoms with van der Waals surface area (Å²) in [6.45, 7) is 2.54. The Morgan fingerprint density at radius 2 is 1.83 bits per heavy atom. The van der Waals surface area contributed by atoms with E-state index in [4.69, 9.17) is 27.9 Å². The Morgan fingerprint density at radius 1 is 1.11 bits per heavy atom. The zero-order valence-corrected chi connectivity index (χ0v) is 21.5. The van der Waals surface area contributed by atoms with Crippen LogP contribution in [0.4, 0.5) is 4.79 Å². The summed E-state index contributed by atoms with van der Waals surface area (Å²) in [7, 11) is 0. The SMILES string of the molecule is O=C(CN1C(=O)SC(=C2CCN(C(=O)c3cc(Cl)ccc3Cl)CC2)C1=O)NCCC1CCOCC1. The van der Waals surface area contributed by atoms with Crippen LogP contribution >= 0.6 is 35.0 Å². The van der Waals surface area contributed by atoms with Gasteiger partial charge in [0.15, 0.2) is 0 Å². The van der Waals surface area contributed by atoms with Gasteiger partial charge in [-0.2, -0.15) is 0 Å². The first-order valence-electron chi connectivity index (χ1n) is 11.7. The molecule has 11 heteroatoms. The van der Waals surface area contributed by atoms with Crippen molar-refractivity contribution in [2.24, 2.45) is 5.92 Å². The molecular weight excluding hydrogens is 513 g/mol. The highest BCUT2D eigenvalue weighted by atomic mass is 35.5. The zero-order chi connectivity index (χ0) is 24.9. The highest BCUT2D eigenvalue weighted by Crippen LogP contribution is 2.36. The molecule has 3 aliphatic heterocycles. The van der Waals surface area contributed by atoms with Gasteiger partial charge in [0.2, 0.25) is 5.91 Å². The highest BCUT2D eigenvalue weighted by Gasteiger charge is 2.39. The van der Waals surface area contributed by atoms with Gasteiger partial charge < -0.3 is 15.0 Å². The number of imide groups is 1. The van der Waals surface area contributed by atoms with Crippen LogP contribution in [0.15, 0.2) is 28.7 Å². The van der Waals surface area contributed by atoms with Crippen molar-refractivity contribution < 1.29 is 23.9 Å². The second kappa shape index (κ2) is 11.8. The third kappa shape index (κ3) is 6.39. The minimum atomic E-state index is -0.443. The molecule has 0 aromatic heterocycles. The van der Waals surface area contributed by atoms with Crippen molar-refractivity contribution in [3.05, 3.63) is 44.3 Å². The Morgan fingerprint density at radius 3 is 2.54 bits per heavy atom. The van der Waals surface area contributed by atoms with Crippen LogP contribution in [-0.4, -0.2) is 72.2 Å². The fourth-order valence-electron chi connectivity index (χ4n) is 4.44. The molecule has 3 heterocycles. The first-order chi connectivity index (χ1) is 16.8. The normalized spacial score (nSPS) is 19.5. The van der Waals surface area contributed by atoms with E-state index in [2.05, 4.69) is 5.32 Å². The quantitative estimate of drug-likeness (QED) is 0.546. The Bertz CT molecular complexity index is 1050. The number of piperidine rings is 1. The molecule has 8 nitrogen and oxygen atoms in total. The number of ether oxygens (including phenoxy) is 1. The molecule has 35 heavy (non-hydrogen) atoms. The zero-order valence-electron chi connectivity index (χ0n) is 19.2. The predicted octanol–water partition coefficient (Wildman–Crippen LogP) is 4.11. The third-order valence-corrected chi connectivity index (χ3v) is 8.13. The van der Waals surface area contributed by atoms with Crippen molar-refractivity contribution in [3.63, 3.8) is 0 Å². The molecule has 0 unspecified atom stereocenters. The lowest BCUT2D eigenvalue weighted by molar-refractivity contribution is -0.129. The molecular formula is C24H27Cl2N3O5S. The molecule has 4 rings (SSSR count). The number of rotatable bonds is 6. The molecule has 1 aromatic rings. The minimum absolute atomic E-state index is 0.220. The van der Waals surface area contributed by atoms with Gasteiger partial charge in [0.05, 0.1) is 15.5 Å². The van der Waals surface area contributed by atoms with Gasteiger partial charge in [-0.15, -0.1) is 0 Å². The van der Waals surface area contributed by atoms with E-state index in [1.807, 2.05) is 0 Å². The number of carbonyl (C=O) groups is 4. The average Bonchev–Trinajstić information content (AvgIpc) is 3.14. The summed E-state index contributed by atoms with van der Waals surface area (Å²) in [6, 6.07) is 4.75. The predicted molar refractivity (Wildman–Crippen MR) is 134 cm³/mol. The molecule has 1 aromatic carbocycles. The van der Waals surface area contributed by atoms with E-state index in [-0.39, 0.29) is 18.4 Å². The number of hydrogen-bond acceptors (Lipinski definition) is 6. The van der Waals surface area contributed by atoms with E-state index in [0.29, 0.717) is 58.9 Å². The molecule has 1 N–H and O–H groups in total. The van der Waals surface area contributed by atoms with Crippen molar-refractivity contribution in [1.82, 2.24) is 15.1 Å². The van der Waals surface area contributed by atoms with Gasteiger partial charge in [-0.25, -0.2) is 0 Å². The Balaban J connectivity index is 1.30.